The normalized spacial score (nSPS) is 19.1. The van der Waals surface area contributed by atoms with Crippen molar-refractivity contribution in [3.8, 4) is 63.2 Å². The molecule has 4 aromatic rings. The number of rotatable bonds is 14. The monoisotopic (exact) mass is 804 g/mol. The van der Waals surface area contributed by atoms with Crippen LogP contribution in [0.4, 0.5) is 0 Å². The summed E-state index contributed by atoms with van der Waals surface area (Å²) in [5.41, 5.74) is 2.84. The van der Waals surface area contributed by atoms with Crippen molar-refractivity contribution in [2.75, 3.05) is 64.0 Å². The van der Waals surface area contributed by atoms with Gasteiger partial charge in [0.2, 0.25) is 11.5 Å². The first-order chi connectivity index (χ1) is 28.0. The van der Waals surface area contributed by atoms with Crippen LogP contribution >= 0.6 is 0 Å². The SMILES string of the molecule is COc1ccc2c(c1)O[C@H](c1cc(OC)c(OC)c(OC)c1)[C@@H](OC(C)=O)[C@@H]2c1c(OC)cc(OC)c2c1O[C@H](c1cc(OC)c(OC)c(OC)c1)[C@@H](OC(C)=O)C2. The Morgan fingerprint density at radius 2 is 1.07 bits per heavy atom. The van der Waals surface area contributed by atoms with Crippen LogP contribution in [0.1, 0.15) is 59.8 Å². The number of fused-ring (bicyclic) bond motifs is 2. The van der Waals surface area contributed by atoms with E-state index in [-0.39, 0.29) is 6.42 Å². The molecule has 2 aliphatic rings. The second-order valence-corrected chi connectivity index (χ2v) is 13.3. The van der Waals surface area contributed by atoms with Crippen LogP contribution in [0.15, 0.2) is 48.5 Å². The molecular weight excluding hydrogens is 756 g/mol. The molecule has 0 amide bonds. The van der Waals surface area contributed by atoms with Gasteiger partial charge >= 0.3 is 11.9 Å². The molecule has 0 unspecified atom stereocenters. The van der Waals surface area contributed by atoms with E-state index in [1.807, 2.05) is 6.07 Å². The molecule has 0 N–H and O–H groups in total. The summed E-state index contributed by atoms with van der Waals surface area (Å²) < 4.78 is 77.8. The molecular formula is C43H48O15. The minimum absolute atomic E-state index is 0.156. The third-order valence-electron chi connectivity index (χ3n) is 10.2. The van der Waals surface area contributed by atoms with E-state index >= 15 is 0 Å². The Balaban J connectivity index is 1.66. The van der Waals surface area contributed by atoms with E-state index < -0.39 is 42.3 Å². The smallest absolute Gasteiger partial charge is 0.303 e. The van der Waals surface area contributed by atoms with E-state index in [1.165, 1.54) is 70.7 Å². The predicted molar refractivity (Wildman–Crippen MR) is 208 cm³/mol. The second-order valence-electron chi connectivity index (χ2n) is 13.3. The Morgan fingerprint density at radius 1 is 0.552 bits per heavy atom. The van der Waals surface area contributed by atoms with Crippen molar-refractivity contribution in [3.63, 3.8) is 0 Å². The summed E-state index contributed by atoms with van der Waals surface area (Å²) in [7, 11) is 13.7. The van der Waals surface area contributed by atoms with E-state index in [2.05, 4.69) is 0 Å². The van der Waals surface area contributed by atoms with Crippen LogP contribution in [0.2, 0.25) is 0 Å². The van der Waals surface area contributed by atoms with Crippen molar-refractivity contribution in [2.24, 2.45) is 0 Å². The van der Waals surface area contributed by atoms with Gasteiger partial charge in [-0.3, -0.25) is 9.59 Å². The maximum Gasteiger partial charge on any atom is 0.303 e. The summed E-state index contributed by atoms with van der Waals surface area (Å²) in [5.74, 6) is 2.40. The number of benzene rings is 4. The van der Waals surface area contributed by atoms with E-state index in [4.69, 9.17) is 61.6 Å². The number of methoxy groups -OCH3 is 9. The lowest BCUT2D eigenvalue weighted by atomic mass is 9.77. The van der Waals surface area contributed by atoms with Gasteiger partial charge in [-0.05, 0) is 30.3 Å². The molecule has 15 nitrogen and oxygen atoms in total. The predicted octanol–water partition coefficient (Wildman–Crippen LogP) is 6.57. The summed E-state index contributed by atoms with van der Waals surface area (Å²) in [4.78, 5) is 25.8. The zero-order chi connectivity index (χ0) is 41.8. The summed E-state index contributed by atoms with van der Waals surface area (Å²) >= 11 is 0. The summed E-state index contributed by atoms with van der Waals surface area (Å²) in [6.45, 7) is 2.66. The fraction of sp³-hybridized carbons (Fsp3) is 0.395. The molecule has 0 bridgehead atoms. The van der Waals surface area contributed by atoms with Crippen LogP contribution in [0, 0.1) is 0 Å². The quantitative estimate of drug-likeness (QED) is 0.126. The van der Waals surface area contributed by atoms with E-state index in [1.54, 1.807) is 49.6 Å². The Labute approximate surface area is 336 Å². The minimum atomic E-state index is -1.05. The van der Waals surface area contributed by atoms with Crippen LogP contribution in [0.25, 0.3) is 0 Å². The van der Waals surface area contributed by atoms with Gasteiger partial charge in [0, 0.05) is 60.2 Å². The molecule has 0 saturated carbocycles. The average Bonchev–Trinajstić information content (AvgIpc) is 3.23. The molecule has 58 heavy (non-hydrogen) atoms. The van der Waals surface area contributed by atoms with Crippen LogP contribution < -0.4 is 52.1 Å². The van der Waals surface area contributed by atoms with Gasteiger partial charge in [0.15, 0.2) is 41.3 Å². The number of carbonyl (C=O) groups excluding carboxylic acids is 2. The first-order valence-electron chi connectivity index (χ1n) is 18.2. The van der Waals surface area contributed by atoms with Crippen molar-refractivity contribution in [1.29, 1.82) is 0 Å². The van der Waals surface area contributed by atoms with Crippen LogP contribution in [-0.4, -0.2) is 88.1 Å². The molecule has 0 aliphatic carbocycles. The number of hydrogen-bond donors (Lipinski definition) is 0. The van der Waals surface area contributed by atoms with Crippen molar-refractivity contribution in [3.05, 3.63) is 76.3 Å². The van der Waals surface area contributed by atoms with Gasteiger partial charge in [-0.15, -0.1) is 0 Å². The Morgan fingerprint density at radius 3 is 1.53 bits per heavy atom. The van der Waals surface area contributed by atoms with Gasteiger partial charge in [0.1, 0.15) is 34.9 Å². The second kappa shape index (κ2) is 17.4. The maximum absolute atomic E-state index is 13.2. The number of esters is 2. The molecule has 0 radical (unpaired) electrons. The molecule has 6 rings (SSSR count). The molecule has 5 atom stereocenters. The number of ether oxygens (including phenoxy) is 13. The van der Waals surface area contributed by atoms with Gasteiger partial charge in [0.05, 0.1) is 69.9 Å². The Bertz CT molecular complexity index is 2110. The highest BCUT2D eigenvalue weighted by atomic mass is 16.6. The van der Waals surface area contributed by atoms with Gasteiger partial charge in [-0.25, -0.2) is 0 Å². The molecule has 0 saturated heterocycles. The lowest BCUT2D eigenvalue weighted by molar-refractivity contribution is -0.153. The number of carbonyl (C=O) groups is 2. The van der Waals surface area contributed by atoms with Crippen molar-refractivity contribution in [1.82, 2.24) is 0 Å². The zero-order valence-electron chi connectivity index (χ0n) is 34.3. The highest BCUT2D eigenvalue weighted by molar-refractivity contribution is 5.70. The zero-order valence-corrected chi connectivity index (χ0v) is 34.3. The Hall–Kier alpha value is -6.38. The highest BCUT2D eigenvalue weighted by Gasteiger charge is 2.48. The molecule has 310 valence electrons. The topological polar surface area (TPSA) is 154 Å². The van der Waals surface area contributed by atoms with Crippen molar-refractivity contribution >= 4 is 11.9 Å². The first kappa shape index (κ1) is 41.3. The van der Waals surface area contributed by atoms with Crippen LogP contribution in [0.3, 0.4) is 0 Å². The summed E-state index contributed by atoms with van der Waals surface area (Å²) in [6, 6.07) is 14.1. The highest BCUT2D eigenvalue weighted by Crippen LogP contribution is 2.57. The lowest BCUT2D eigenvalue weighted by Crippen LogP contribution is -2.40. The standard InChI is InChI=1S/C43H48O15/c1-21(44)55-35-19-27-28(47-4)20-30(48-5)37(40(27)58-38(35)23-14-31(49-6)41(53-10)32(15-23)50-7)36-26-13-12-25(46-3)18-29(26)57-39(43(36)56-22(2)45)24-16-33(51-8)42(54-11)34(17-24)52-9/h12-18,20,35-36,38-39,43H,19H2,1-11H3/t35-,36-,38+,39+,43-/m0/s1. The number of hydrogen-bond acceptors (Lipinski definition) is 15. The molecule has 2 heterocycles. The fourth-order valence-corrected chi connectivity index (χ4v) is 7.74. The molecule has 15 heteroatoms. The van der Waals surface area contributed by atoms with Gasteiger partial charge in [-0.2, -0.15) is 0 Å². The fourth-order valence-electron chi connectivity index (χ4n) is 7.74. The first-order valence-corrected chi connectivity index (χ1v) is 18.2. The third-order valence-corrected chi connectivity index (χ3v) is 10.2. The molecule has 0 aromatic heterocycles. The summed E-state index contributed by atoms with van der Waals surface area (Å²) in [6.07, 6.45) is -3.63. The van der Waals surface area contributed by atoms with Gasteiger partial charge in [0.25, 0.3) is 0 Å². The van der Waals surface area contributed by atoms with Crippen molar-refractivity contribution < 1.29 is 71.2 Å². The molecule has 2 aliphatic heterocycles. The van der Waals surface area contributed by atoms with Gasteiger partial charge in [-0.1, -0.05) is 6.07 Å². The van der Waals surface area contributed by atoms with E-state index in [0.717, 1.165) is 0 Å². The largest absolute Gasteiger partial charge is 0.497 e. The van der Waals surface area contributed by atoms with Crippen LogP contribution in [-0.2, 0) is 25.5 Å². The minimum Gasteiger partial charge on any atom is -0.497 e. The molecule has 0 fully saturated rings. The third kappa shape index (κ3) is 7.55. The Kier molecular flexibility index (Phi) is 12.4. The summed E-state index contributed by atoms with van der Waals surface area (Å²) in [5, 5.41) is 0. The molecule has 4 aromatic carbocycles. The van der Waals surface area contributed by atoms with E-state index in [9.17, 15) is 9.59 Å². The lowest BCUT2D eigenvalue weighted by Gasteiger charge is -2.42. The van der Waals surface area contributed by atoms with Crippen LogP contribution in [0.5, 0.6) is 63.2 Å². The maximum atomic E-state index is 13.2. The van der Waals surface area contributed by atoms with E-state index in [0.29, 0.717) is 91.1 Å². The van der Waals surface area contributed by atoms with Crippen molar-refractivity contribution in [2.45, 2.75) is 50.6 Å². The van der Waals surface area contributed by atoms with Gasteiger partial charge < -0.3 is 61.6 Å². The molecule has 0 spiro atoms. The average molecular weight is 805 g/mol.